The Morgan fingerprint density at radius 2 is 2.06 bits per heavy atom. The number of hydrogen-bond acceptors (Lipinski definition) is 2. The second-order valence-electron chi connectivity index (χ2n) is 4.94. The maximum atomic E-state index is 3.66. The molecule has 94 valence electrons. The first-order chi connectivity index (χ1) is 8.24. The first-order valence-electron chi connectivity index (χ1n) is 6.79. The lowest BCUT2D eigenvalue weighted by atomic mass is 9.92. The lowest BCUT2D eigenvalue weighted by Crippen LogP contribution is -2.39. The summed E-state index contributed by atoms with van der Waals surface area (Å²) < 4.78 is 0. The molecule has 0 aromatic heterocycles. The predicted molar refractivity (Wildman–Crippen MR) is 73.4 cm³/mol. The van der Waals surface area contributed by atoms with E-state index < -0.39 is 0 Å². The van der Waals surface area contributed by atoms with E-state index in [4.69, 9.17) is 0 Å². The number of aryl methyl sites for hydroxylation is 1. The van der Waals surface area contributed by atoms with Gasteiger partial charge in [-0.1, -0.05) is 37.6 Å². The van der Waals surface area contributed by atoms with Gasteiger partial charge in [-0.15, -0.1) is 0 Å². The van der Waals surface area contributed by atoms with Crippen molar-refractivity contribution in [2.24, 2.45) is 0 Å². The van der Waals surface area contributed by atoms with Gasteiger partial charge in [0.05, 0.1) is 0 Å². The highest BCUT2D eigenvalue weighted by molar-refractivity contribution is 5.36. The molecule has 0 spiro atoms. The van der Waals surface area contributed by atoms with E-state index in [0.717, 1.165) is 26.2 Å². The van der Waals surface area contributed by atoms with Crippen LogP contribution in [-0.2, 0) is 6.42 Å². The third-order valence-electron chi connectivity index (χ3n) is 3.80. The number of nitrogens with zero attached hydrogens (tertiary/aromatic N) is 1. The van der Waals surface area contributed by atoms with Crippen molar-refractivity contribution in [2.45, 2.75) is 33.2 Å². The van der Waals surface area contributed by atoms with Crippen molar-refractivity contribution in [3.05, 3.63) is 34.9 Å². The van der Waals surface area contributed by atoms with Crippen molar-refractivity contribution in [3.63, 3.8) is 0 Å². The highest BCUT2D eigenvalue weighted by Gasteiger charge is 2.20. The normalized spacial score (nSPS) is 19.4. The molecule has 0 saturated carbocycles. The molecule has 0 saturated heterocycles. The molecular weight excluding hydrogens is 208 g/mol. The smallest absolute Gasteiger partial charge is 0.0452 e. The Morgan fingerprint density at radius 1 is 1.29 bits per heavy atom. The van der Waals surface area contributed by atoms with E-state index in [2.05, 4.69) is 49.2 Å². The Balaban J connectivity index is 2.18. The number of fused-ring (bicyclic) bond motifs is 1. The van der Waals surface area contributed by atoms with Crippen LogP contribution in [0.4, 0.5) is 0 Å². The van der Waals surface area contributed by atoms with Crippen LogP contribution in [-0.4, -0.2) is 31.1 Å². The summed E-state index contributed by atoms with van der Waals surface area (Å²) in [5.41, 5.74) is 4.42. The number of hydrogen-bond donors (Lipinski definition) is 1. The van der Waals surface area contributed by atoms with Crippen molar-refractivity contribution < 1.29 is 0 Å². The molecule has 0 fully saturated rings. The maximum absolute atomic E-state index is 3.66. The quantitative estimate of drug-likeness (QED) is 0.858. The zero-order valence-corrected chi connectivity index (χ0v) is 11.3. The zero-order valence-electron chi connectivity index (χ0n) is 11.3. The fraction of sp³-hybridized carbons (Fsp3) is 0.600. The Bertz CT molecular complexity index is 369. The summed E-state index contributed by atoms with van der Waals surface area (Å²) in [5.74, 6) is 0. The predicted octanol–water partition coefficient (Wildman–Crippen LogP) is 2.52. The topological polar surface area (TPSA) is 15.3 Å². The minimum Gasteiger partial charge on any atom is -0.309 e. The summed E-state index contributed by atoms with van der Waals surface area (Å²) in [6.07, 6.45) is 1.17. The summed E-state index contributed by atoms with van der Waals surface area (Å²) in [5, 5.41) is 3.66. The third kappa shape index (κ3) is 2.88. The van der Waals surface area contributed by atoms with Crippen molar-refractivity contribution in [3.8, 4) is 0 Å². The van der Waals surface area contributed by atoms with Crippen LogP contribution < -0.4 is 5.32 Å². The molecule has 0 aliphatic carbocycles. The first-order valence-corrected chi connectivity index (χ1v) is 6.79. The van der Waals surface area contributed by atoms with Crippen LogP contribution in [0.25, 0.3) is 0 Å². The van der Waals surface area contributed by atoms with Crippen molar-refractivity contribution in [2.75, 3.05) is 26.2 Å². The third-order valence-corrected chi connectivity index (χ3v) is 3.80. The average molecular weight is 232 g/mol. The molecule has 1 unspecified atom stereocenters. The molecule has 0 amide bonds. The number of rotatable bonds is 4. The van der Waals surface area contributed by atoms with E-state index in [1.807, 2.05) is 0 Å². The fourth-order valence-electron chi connectivity index (χ4n) is 2.66. The van der Waals surface area contributed by atoms with Crippen LogP contribution in [0, 0.1) is 6.92 Å². The molecule has 2 heteroatoms. The summed E-state index contributed by atoms with van der Waals surface area (Å²) in [6.45, 7) is 11.2. The highest BCUT2D eigenvalue weighted by Crippen LogP contribution is 2.24. The lowest BCUT2D eigenvalue weighted by molar-refractivity contribution is 0.261. The molecule has 0 radical (unpaired) electrons. The minimum atomic E-state index is 0.513. The molecular formula is C15H24N2. The van der Waals surface area contributed by atoms with Crippen LogP contribution in [0.15, 0.2) is 18.2 Å². The van der Waals surface area contributed by atoms with E-state index in [1.165, 1.54) is 23.1 Å². The van der Waals surface area contributed by atoms with Crippen molar-refractivity contribution in [1.29, 1.82) is 0 Å². The zero-order chi connectivity index (χ0) is 12.3. The van der Waals surface area contributed by atoms with Gasteiger partial charge in [0, 0.05) is 12.6 Å². The summed E-state index contributed by atoms with van der Waals surface area (Å²) in [4.78, 5) is 2.50. The summed E-state index contributed by atoms with van der Waals surface area (Å²) in [6, 6.07) is 7.41. The molecule has 2 rings (SSSR count). The summed E-state index contributed by atoms with van der Waals surface area (Å²) in [7, 11) is 0. The van der Waals surface area contributed by atoms with E-state index in [-0.39, 0.29) is 0 Å². The molecule has 17 heavy (non-hydrogen) atoms. The van der Waals surface area contributed by atoms with E-state index in [9.17, 15) is 0 Å². The molecule has 1 heterocycles. The SMILES string of the molecule is CCN(CC)CC1NCCc2ccc(C)cc21. The minimum absolute atomic E-state index is 0.513. The van der Waals surface area contributed by atoms with Gasteiger partial charge in [0.25, 0.3) is 0 Å². The van der Waals surface area contributed by atoms with Gasteiger partial charge in [-0.3, -0.25) is 0 Å². The van der Waals surface area contributed by atoms with E-state index in [0.29, 0.717) is 6.04 Å². The Labute approximate surface area is 105 Å². The number of nitrogens with one attached hydrogen (secondary N) is 1. The van der Waals surface area contributed by atoms with Crippen LogP contribution in [0.3, 0.4) is 0 Å². The Morgan fingerprint density at radius 3 is 2.76 bits per heavy atom. The molecule has 2 nitrogen and oxygen atoms in total. The Hall–Kier alpha value is -0.860. The van der Waals surface area contributed by atoms with E-state index in [1.54, 1.807) is 0 Å². The monoisotopic (exact) mass is 232 g/mol. The van der Waals surface area contributed by atoms with E-state index >= 15 is 0 Å². The molecule has 1 aromatic carbocycles. The van der Waals surface area contributed by atoms with Gasteiger partial charge in [0.2, 0.25) is 0 Å². The van der Waals surface area contributed by atoms with Gasteiger partial charge in [-0.2, -0.15) is 0 Å². The first kappa shape index (κ1) is 12.6. The van der Waals surface area contributed by atoms with Gasteiger partial charge < -0.3 is 10.2 Å². The van der Waals surface area contributed by atoms with Crippen LogP contribution in [0.5, 0.6) is 0 Å². The van der Waals surface area contributed by atoms with Crippen LogP contribution in [0.2, 0.25) is 0 Å². The second kappa shape index (κ2) is 5.65. The molecule has 1 aliphatic heterocycles. The average Bonchev–Trinajstić information content (AvgIpc) is 2.36. The number of likely N-dealkylation sites (N-methyl/N-ethyl adjacent to an activating group) is 1. The summed E-state index contributed by atoms with van der Waals surface area (Å²) >= 11 is 0. The number of benzene rings is 1. The maximum Gasteiger partial charge on any atom is 0.0452 e. The second-order valence-corrected chi connectivity index (χ2v) is 4.94. The van der Waals surface area contributed by atoms with Crippen molar-refractivity contribution in [1.82, 2.24) is 10.2 Å². The largest absolute Gasteiger partial charge is 0.309 e. The molecule has 0 bridgehead atoms. The van der Waals surface area contributed by atoms with Crippen LogP contribution in [0.1, 0.15) is 36.6 Å². The van der Waals surface area contributed by atoms with Crippen molar-refractivity contribution >= 4 is 0 Å². The highest BCUT2D eigenvalue weighted by atomic mass is 15.1. The molecule has 1 aliphatic rings. The molecule has 1 atom stereocenters. The lowest BCUT2D eigenvalue weighted by Gasteiger charge is -2.31. The fourth-order valence-corrected chi connectivity index (χ4v) is 2.66. The molecule has 1 aromatic rings. The molecule has 1 N–H and O–H groups in total. The Kier molecular flexibility index (Phi) is 4.19. The van der Waals surface area contributed by atoms with Gasteiger partial charge in [-0.25, -0.2) is 0 Å². The van der Waals surface area contributed by atoms with Gasteiger partial charge in [0.1, 0.15) is 0 Å². The van der Waals surface area contributed by atoms with Gasteiger partial charge in [-0.05, 0) is 44.1 Å². The van der Waals surface area contributed by atoms with Crippen LogP contribution >= 0.6 is 0 Å². The standard InChI is InChI=1S/C15H24N2/c1-4-17(5-2)11-15-14-10-12(3)6-7-13(14)8-9-16-15/h6-7,10,15-16H,4-5,8-9,11H2,1-3H3. The van der Waals surface area contributed by atoms with Gasteiger partial charge >= 0.3 is 0 Å². The van der Waals surface area contributed by atoms with Gasteiger partial charge in [0.15, 0.2) is 0 Å².